The molecule has 3 rings (SSSR count). The first kappa shape index (κ1) is 14.3. The largest absolute Gasteiger partial charge is 0.497 e. The van der Waals surface area contributed by atoms with Crippen LogP contribution in [0.25, 0.3) is 0 Å². The minimum atomic E-state index is -0.0809. The van der Waals surface area contributed by atoms with Gasteiger partial charge in [-0.25, -0.2) is 0 Å². The number of Topliss-reactive ketones (excluding diaryl/α,β-unsaturated/α-hetero) is 1. The van der Waals surface area contributed by atoms with Gasteiger partial charge in [0.05, 0.1) is 12.8 Å². The number of methoxy groups -OCH3 is 1. The SMILES string of the molecule is COc1ccc2c(c1)C(=O)CCN2C(=O)c1cccc(C)c1. The molecule has 0 saturated carbocycles. The molecule has 0 N–H and O–H groups in total. The number of carbonyl (C=O) groups is 2. The summed E-state index contributed by atoms with van der Waals surface area (Å²) in [7, 11) is 1.56. The lowest BCUT2D eigenvalue weighted by Crippen LogP contribution is -2.37. The molecule has 112 valence electrons. The third-order valence-electron chi connectivity index (χ3n) is 3.87. The Balaban J connectivity index is 2.02. The lowest BCUT2D eigenvalue weighted by molar-refractivity contribution is 0.0954. The molecule has 0 atom stereocenters. The second-order valence-corrected chi connectivity index (χ2v) is 5.38. The Kier molecular flexibility index (Phi) is 3.67. The number of hydrogen-bond acceptors (Lipinski definition) is 3. The maximum Gasteiger partial charge on any atom is 0.258 e. The molecule has 0 bridgehead atoms. The van der Waals surface area contributed by atoms with Crippen molar-refractivity contribution in [2.75, 3.05) is 18.6 Å². The summed E-state index contributed by atoms with van der Waals surface area (Å²) in [4.78, 5) is 26.5. The van der Waals surface area contributed by atoms with Crippen molar-refractivity contribution in [2.24, 2.45) is 0 Å². The van der Waals surface area contributed by atoms with Gasteiger partial charge in [0.1, 0.15) is 5.75 Å². The minimum Gasteiger partial charge on any atom is -0.497 e. The zero-order valence-corrected chi connectivity index (χ0v) is 12.6. The molecule has 2 aromatic carbocycles. The van der Waals surface area contributed by atoms with Gasteiger partial charge in [0, 0.05) is 24.1 Å². The summed E-state index contributed by atoms with van der Waals surface area (Å²) < 4.78 is 5.17. The van der Waals surface area contributed by atoms with Crippen LogP contribution in [0, 0.1) is 6.92 Å². The van der Waals surface area contributed by atoms with E-state index in [4.69, 9.17) is 4.74 Å². The van der Waals surface area contributed by atoms with E-state index in [2.05, 4.69) is 0 Å². The molecule has 1 amide bonds. The van der Waals surface area contributed by atoms with Crippen molar-refractivity contribution in [1.29, 1.82) is 0 Å². The Morgan fingerprint density at radius 1 is 1.18 bits per heavy atom. The van der Waals surface area contributed by atoms with Crippen molar-refractivity contribution in [2.45, 2.75) is 13.3 Å². The van der Waals surface area contributed by atoms with E-state index in [9.17, 15) is 9.59 Å². The maximum atomic E-state index is 12.8. The van der Waals surface area contributed by atoms with Crippen LogP contribution in [0.15, 0.2) is 42.5 Å². The number of carbonyl (C=O) groups excluding carboxylic acids is 2. The van der Waals surface area contributed by atoms with Crippen LogP contribution in [0.2, 0.25) is 0 Å². The average Bonchev–Trinajstić information content (AvgIpc) is 2.54. The third kappa shape index (κ3) is 2.48. The van der Waals surface area contributed by atoms with Gasteiger partial charge in [0.2, 0.25) is 0 Å². The summed E-state index contributed by atoms with van der Waals surface area (Å²) in [5.74, 6) is 0.585. The fraction of sp³-hybridized carbons (Fsp3) is 0.222. The highest BCUT2D eigenvalue weighted by Gasteiger charge is 2.28. The van der Waals surface area contributed by atoms with E-state index in [-0.39, 0.29) is 11.7 Å². The summed E-state index contributed by atoms with van der Waals surface area (Å²) >= 11 is 0. The Bertz CT molecular complexity index is 752. The molecule has 2 aromatic rings. The number of benzene rings is 2. The lowest BCUT2D eigenvalue weighted by Gasteiger charge is -2.29. The minimum absolute atomic E-state index is 0.0437. The monoisotopic (exact) mass is 295 g/mol. The first-order valence-corrected chi connectivity index (χ1v) is 7.20. The van der Waals surface area contributed by atoms with Crippen LogP contribution in [0.5, 0.6) is 5.75 Å². The van der Waals surface area contributed by atoms with Crippen molar-refractivity contribution >= 4 is 17.4 Å². The van der Waals surface area contributed by atoms with E-state index in [0.717, 1.165) is 5.56 Å². The molecule has 4 heteroatoms. The van der Waals surface area contributed by atoms with Gasteiger partial charge in [-0.1, -0.05) is 17.7 Å². The molecule has 1 aliphatic rings. The van der Waals surface area contributed by atoms with Gasteiger partial charge in [-0.3, -0.25) is 9.59 Å². The third-order valence-corrected chi connectivity index (χ3v) is 3.87. The van der Waals surface area contributed by atoms with Gasteiger partial charge in [-0.2, -0.15) is 0 Å². The first-order chi connectivity index (χ1) is 10.6. The standard InChI is InChI=1S/C18H17NO3/c1-12-4-3-5-13(10-12)18(21)19-9-8-17(20)15-11-14(22-2)6-7-16(15)19/h3-7,10-11H,8-9H2,1-2H3. The van der Waals surface area contributed by atoms with E-state index >= 15 is 0 Å². The van der Waals surface area contributed by atoms with Crippen molar-refractivity contribution in [3.8, 4) is 5.75 Å². The summed E-state index contributed by atoms with van der Waals surface area (Å²) in [6.45, 7) is 2.36. The summed E-state index contributed by atoms with van der Waals surface area (Å²) in [5.41, 5.74) is 2.88. The van der Waals surface area contributed by atoms with Crippen molar-refractivity contribution in [1.82, 2.24) is 0 Å². The van der Waals surface area contributed by atoms with Gasteiger partial charge in [0.15, 0.2) is 5.78 Å². The number of fused-ring (bicyclic) bond motifs is 1. The Hall–Kier alpha value is -2.62. The normalized spacial score (nSPS) is 13.7. The predicted octanol–water partition coefficient (Wildman–Crippen LogP) is 3.24. The van der Waals surface area contributed by atoms with Crippen molar-refractivity contribution in [3.05, 3.63) is 59.2 Å². The summed E-state index contributed by atoms with van der Waals surface area (Å²) in [6, 6.07) is 12.7. The van der Waals surface area contributed by atoms with Crippen LogP contribution in [0.1, 0.15) is 32.7 Å². The number of ether oxygens (including phenoxy) is 1. The molecule has 4 nitrogen and oxygen atoms in total. The number of nitrogens with zero attached hydrogens (tertiary/aromatic N) is 1. The second-order valence-electron chi connectivity index (χ2n) is 5.38. The Morgan fingerprint density at radius 3 is 2.73 bits per heavy atom. The number of amides is 1. The second kappa shape index (κ2) is 5.64. The molecule has 0 fully saturated rings. The molecule has 0 saturated heterocycles. The molecule has 0 spiro atoms. The number of hydrogen-bond donors (Lipinski definition) is 0. The van der Waals surface area contributed by atoms with E-state index in [0.29, 0.717) is 35.5 Å². The fourth-order valence-electron chi connectivity index (χ4n) is 2.71. The van der Waals surface area contributed by atoms with Gasteiger partial charge >= 0.3 is 0 Å². The zero-order chi connectivity index (χ0) is 15.7. The van der Waals surface area contributed by atoms with E-state index in [1.807, 2.05) is 25.1 Å². The fourth-order valence-corrected chi connectivity index (χ4v) is 2.71. The number of ketones is 1. The average molecular weight is 295 g/mol. The molecular formula is C18H17NO3. The Labute approximate surface area is 129 Å². The van der Waals surface area contributed by atoms with Crippen LogP contribution >= 0.6 is 0 Å². The summed E-state index contributed by atoms with van der Waals surface area (Å²) in [6.07, 6.45) is 0.331. The van der Waals surface area contributed by atoms with Crippen molar-refractivity contribution < 1.29 is 14.3 Å². The van der Waals surface area contributed by atoms with E-state index < -0.39 is 0 Å². The van der Waals surface area contributed by atoms with Gasteiger partial charge in [0.25, 0.3) is 5.91 Å². The molecule has 0 radical (unpaired) electrons. The lowest BCUT2D eigenvalue weighted by atomic mass is 9.99. The molecule has 1 aliphatic heterocycles. The van der Waals surface area contributed by atoms with E-state index in [1.54, 1.807) is 36.3 Å². The van der Waals surface area contributed by atoms with E-state index in [1.165, 1.54) is 0 Å². The summed E-state index contributed by atoms with van der Waals surface area (Å²) in [5, 5.41) is 0. The maximum absolute atomic E-state index is 12.8. The highest BCUT2D eigenvalue weighted by Crippen LogP contribution is 2.31. The van der Waals surface area contributed by atoms with Crippen LogP contribution in [-0.4, -0.2) is 25.3 Å². The quantitative estimate of drug-likeness (QED) is 0.854. The van der Waals surface area contributed by atoms with Crippen LogP contribution in [0.3, 0.4) is 0 Å². The number of aryl methyl sites for hydroxylation is 1. The van der Waals surface area contributed by atoms with Crippen LogP contribution < -0.4 is 9.64 Å². The zero-order valence-electron chi connectivity index (χ0n) is 12.6. The molecule has 22 heavy (non-hydrogen) atoms. The smallest absolute Gasteiger partial charge is 0.258 e. The molecule has 1 heterocycles. The number of anilines is 1. The molecule has 0 aromatic heterocycles. The van der Waals surface area contributed by atoms with Crippen LogP contribution in [-0.2, 0) is 0 Å². The van der Waals surface area contributed by atoms with Gasteiger partial charge in [-0.15, -0.1) is 0 Å². The van der Waals surface area contributed by atoms with Crippen LogP contribution in [0.4, 0.5) is 5.69 Å². The first-order valence-electron chi connectivity index (χ1n) is 7.20. The Morgan fingerprint density at radius 2 is 2.00 bits per heavy atom. The van der Waals surface area contributed by atoms with Gasteiger partial charge in [-0.05, 0) is 37.3 Å². The molecular weight excluding hydrogens is 278 g/mol. The van der Waals surface area contributed by atoms with Crippen molar-refractivity contribution in [3.63, 3.8) is 0 Å². The topological polar surface area (TPSA) is 46.6 Å². The predicted molar refractivity (Wildman–Crippen MR) is 84.8 cm³/mol. The highest BCUT2D eigenvalue weighted by atomic mass is 16.5. The highest BCUT2D eigenvalue weighted by molar-refractivity contribution is 6.13. The molecule has 0 unspecified atom stereocenters. The van der Waals surface area contributed by atoms with Gasteiger partial charge < -0.3 is 9.64 Å². The molecule has 0 aliphatic carbocycles. The number of rotatable bonds is 2.